The second-order valence-electron chi connectivity index (χ2n) is 3.51. The first-order valence-corrected chi connectivity index (χ1v) is 7.29. The first-order chi connectivity index (χ1) is 8.06. The van der Waals surface area contributed by atoms with Crippen molar-refractivity contribution < 1.29 is 0 Å². The van der Waals surface area contributed by atoms with Crippen molar-refractivity contribution in [2.24, 2.45) is 0 Å². The maximum absolute atomic E-state index is 4.44. The predicted octanol–water partition coefficient (Wildman–Crippen LogP) is 5.42. The Morgan fingerprint density at radius 3 is 2.41 bits per heavy atom. The summed E-state index contributed by atoms with van der Waals surface area (Å²) in [4.78, 5) is 4.44. The number of halogens is 3. The van der Waals surface area contributed by atoms with Gasteiger partial charge in [-0.25, -0.2) is 4.98 Å². The summed E-state index contributed by atoms with van der Waals surface area (Å²) >= 11 is 10.4. The fourth-order valence-electron chi connectivity index (χ4n) is 1.34. The summed E-state index contributed by atoms with van der Waals surface area (Å²) in [7, 11) is 0. The summed E-state index contributed by atoms with van der Waals surface area (Å²) in [5, 5.41) is 3.27. The van der Waals surface area contributed by atoms with Crippen molar-refractivity contribution in [1.29, 1.82) is 0 Å². The molecule has 0 saturated heterocycles. The lowest BCUT2D eigenvalue weighted by Gasteiger charge is -2.09. The molecule has 1 aromatic heterocycles. The molecule has 1 aromatic carbocycles. The molecule has 88 valence electrons. The Hall–Kier alpha value is -0.390. The van der Waals surface area contributed by atoms with Gasteiger partial charge in [0.25, 0.3) is 0 Å². The number of benzene rings is 1. The lowest BCUT2D eigenvalue weighted by atomic mass is 10.3. The van der Waals surface area contributed by atoms with E-state index in [0.29, 0.717) is 0 Å². The SMILES string of the molecule is Cc1nc(Nc2cc(Br)ccc2Br)ccc1Br. The summed E-state index contributed by atoms with van der Waals surface area (Å²) in [6, 6.07) is 9.89. The van der Waals surface area contributed by atoms with Crippen molar-refractivity contribution in [2.45, 2.75) is 6.92 Å². The highest BCUT2D eigenvalue weighted by molar-refractivity contribution is 9.11. The van der Waals surface area contributed by atoms with Crippen molar-refractivity contribution in [1.82, 2.24) is 4.98 Å². The van der Waals surface area contributed by atoms with Crippen LogP contribution in [0.2, 0.25) is 0 Å². The second-order valence-corrected chi connectivity index (χ2v) is 6.14. The maximum Gasteiger partial charge on any atom is 0.130 e. The molecule has 0 spiro atoms. The van der Waals surface area contributed by atoms with E-state index in [4.69, 9.17) is 0 Å². The number of hydrogen-bond acceptors (Lipinski definition) is 2. The topological polar surface area (TPSA) is 24.9 Å². The summed E-state index contributed by atoms with van der Waals surface area (Å²) in [5.74, 6) is 0.824. The van der Waals surface area contributed by atoms with Gasteiger partial charge in [0.15, 0.2) is 0 Å². The van der Waals surface area contributed by atoms with Gasteiger partial charge >= 0.3 is 0 Å². The zero-order valence-electron chi connectivity index (χ0n) is 8.97. The molecule has 0 unspecified atom stereocenters. The Kier molecular flexibility index (Phi) is 4.22. The average molecular weight is 421 g/mol. The Labute approximate surface area is 125 Å². The number of nitrogens with zero attached hydrogens (tertiary/aromatic N) is 1. The van der Waals surface area contributed by atoms with E-state index in [1.54, 1.807) is 0 Å². The van der Waals surface area contributed by atoms with E-state index in [-0.39, 0.29) is 0 Å². The third kappa shape index (κ3) is 3.30. The van der Waals surface area contributed by atoms with Crippen LogP contribution in [0.1, 0.15) is 5.69 Å². The Bertz CT molecular complexity index is 555. The molecule has 17 heavy (non-hydrogen) atoms. The van der Waals surface area contributed by atoms with Crippen LogP contribution in [0.3, 0.4) is 0 Å². The van der Waals surface area contributed by atoms with E-state index in [1.807, 2.05) is 37.3 Å². The molecule has 5 heteroatoms. The number of pyridine rings is 1. The monoisotopic (exact) mass is 418 g/mol. The second kappa shape index (κ2) is 5.50. The minimum atomic E-state index is 0.824. The summed E-state index contributed by atoms with van der Waals surface area (Å²) in [6.07, 6.45) is 0. The quantitative estimate of drug-likeness (QED) is 0.701. The van der Waals surface area contributed by atoms with Crippen LogP contribution in [0.15, 0.2) is 43.7 Å². The molecule has 2 aromatic rings. The van der Waals surface area contributed by atoms with E-state index in [0.717, 1.165) is 30.6 Å². The van der Waals surface area contributed by atoms with Crippen molar-refractivity contribution in [3.8, 4) is 0 Å². The molecule has 0 radical (unpaired) electrons. The van der Waals surface area contributed by atoms with Gasteiger partial charge in [0.1, 0.15) is 5.82 Å². The zero-order valence-corrected chi connectivity index (χ0v) is 13.7. The number of aryl methyl sites for hydroxylation is 1. The minimum Gasteiger partial charge on any atom is -0.339 e. The summed E-state index contributed by atoms with van der Waals surface area (Å²) in [6.45, 7) is 1.96. The lowest BCUT2D eigenvalue weighted by molar-refractivity contribution is 1.18. The van der Waals surface area contributed by atoms with Crippen LogP contribution >= 0.6 is 47.8 Å². The first kappa shape index (κ1) is 13.1. The zero-order chi connectivity index (χ0) is 12.4. The van der Waals surface area contributed by atoms with E-state index in [2.05, 4.69) is 58.1 Å². The number of anilines is 2. The molecule has 0 amide bonds. The third-order valence-electron chi connectivity index (χ3n) is 2.21. The van der Waals surface area contributed by atoms with Gasteiger partial charge < -0.3 is 5.32 Å². The fourth-order valence-corrected chi connectivity index (χ4v) is 2.27. The van der Waals surface area contributed by atoms with Crippen LogP contribution < -0.4 is 5.32 Å². The Morgan fingerprint density at radius 1 is 1.00 bits per heavy atom. The molecule has 0 aliphatic heterocycles. The van der Waals surface area contributed by atoms with Crippen LogP contribution in [-0.4, -0.2) is 4.98 Å². The van der Waals surface area contributed by atoms with Crippen LogP contribution in [0.5, 0.6) is 0 Å². The van der Waals surface area contributed by atoms with Crippen LogP contribution in [0.25, 0.3) is 0 Å². The van der Waals surface area contributed by atoms with E-state index < -0.39 is 0 Å². The van der Waals surface area contributed by atoms with Gasteiger partial charge in [-0.05, 0) is 69.1 Å². The van der Waals surface area contributed by atoms with E-state index in [1.165, 1.54) is 0 Å². The molecule has 1 N–H and O–H groups in total. The molecule has 0 aliphatic carbocycles. The van der Waals surface area contributed by atoms with Crippen LogP contribution in [0, 0.1) is 6.92 Å². The highest BCUT2D eigenvalue weighted by Gasteiger charge is 2.03. The average Bonchev–Trinajstić information content (AvgIpc) is 2.29. The molecular weight excluding hydrogens is 412 g/mol. The van der Waals surface area contributed by atoms with E-state index in [9.17, 15) is 0 Å². The molecule has 0 atom stereocenters. The molecule has 0 aliphatic rings. The smallest absolute Gasteiger partial charge is 0.130 e. The van der Waals surface area contributed by atoms with Gasteiger partial charge in [-0.1, -0.05) is 15.9 Å². The van der Waals surface area contributed by atoms with Gasteiger partial charge in [0.05, 0.1) is 11.4 Å². The van der Waals surface area contributed by atoms with E-state index >= 15 is 0 Å². The highest BCUT2D eigenvalue weighted by Crippen LogP contribution is 2.29. The van der Waals surface area contributed by atoms with Gasteiger partial charge in [-0.15, -0.1) is 0 Å². The van der Waals surface area contributed by atoms with Crippen LogP contribution in [-0.2, 0) is 0 Å². The fraction of sp³-hybridized carbons (Fsp3) is 0.0833. The Morgan fingerprint density at radius 2 is 1.71 bits per heavy atom. The number of rotatable bonds is 2. The maximum atomic E-state index is 4.44. The lowest BCUT2D eigenvalue weighted by Crippen LogP contribution is -1.96. The van der Waals surface area contributed by atoms with Gasteiger partial charge in [-0.2, -0.15) is 0 Å². The third-order valence-corrected chi connectivity index (χ3v) is 4.24. The van der Waals surface area contributed by atoms with Gasteiger partial charge in [0, 0.05) is 13.4 Å². The first-order valence-electron chi connectivity index (χ1n) is 4.91. The molecule has 2 rings (SSSR count). The van der Waals surface area contributed by atoms with Gasteiger partial charge in [-0.3, -0.25) is 0 Å². The predicted molar refractivity (Wildman–Crippen MR) is 81.8 cm³/mol. The van der Waals surface area contributed by atoms with Crippen molar-refractivity contribution in [2.75, 3.05) is 5.32 Å². The molecule has 0 saturated carbocycles. The van der Waals surface area contributed by atoms with Gasteiger partial charge in [0.2, 0.25) is 0 Å². The molecule has 2 nitrogen and oxygen atoms in total. The molecule has 0 fully saturated rings. The van der Waals surface area contributed by atoms with Crippen molar-refractivity contribution in [3.05, 3.63) is 49.4 Å². The number of hydrogen-bond donors (Lipinski definition) is 1. The number of nitrogens with one attached hydrogen (secondary N) is 1. The minimum absolute atomic E-state index is 0.824. The van der Waals surface area contributed by atoms with Crippen molar-refractivity contribution >= 4 is 59.3 Å². The molecule has 1 heterocycles. The summed E-state index contributed by atoms with van der Waals surface area (Å²) in [5.41, 5.74) is 1.94. The Balaban J connectivity index is 2.31. The largest absolute Gasteiger partial charge is 0.339 e. The molecular formula is C12H9Br3N2. The summed E-state index contributed by atoms with van der Waals surface area (Å²) < 4.78 is 3.04. The van der Waals surface area contributed by atoms with Crippen LogP contribution in [0.4, 0.5) is 11.5 Å². The standard InChI is InChI=1S/C12H9Br3N2/c1-7-9(14)4-5-12(16-7)17-11-6-8(13)2-3-10(11)15/h2-6H,1H3,(H,16,17). The normalized spacial score (nSPS) is 10.4. The highest BCUT2D eigenvalue weighted by atomic mass is 79.9. The number of aromatic nitrogens is 1. The van der Waals surface area contributed by atoms with Crippen molar-refractivity contribution in [3.63, 3.8) is 0 Å². The molecule has 0 bridgehead atoms.